The van der Waals surface area contributed by atoms with Crippen LogP contribution >= 0.6 is 0 Å². The van der Waals surface area contributed by atoms with Gasteiger partial charge in [-0.25, -0.2) is 15.0 Å². The van der Waals surface area contributed by atoms with Gasteiger partial charge >= 0.3 is 0 Å². The van der Waals surface area contributed by atoms with Gasteiger partial charge in [0.25, 0.3) is 0 Å². The Morgan fingerprint density at radius 2 is 0.754 bits per heavy atom. The van der Waals surface area contributed by atoms with Crippen molar-refractivity contribution in [1.29, 1.82) is 0 Å². The maximum absolute atomic E-state index is 6.47. The molecular weight excluding hydrogens is 695 g/mol. The summed E-state index contributed by atoms with van der Waals surface area (Å²) in [5.41, 5.74) is 11.5. The molecule has 11 aromatic rings. The molecule has 0 atom stereocenters. The molecule has 0 spiro atoms. The highest BCUT2D eigenvalue weighted by Gasteiger charge is 2.19. The van der Waals surface area contributed by atoms with E-state index in [2.05, 4.69) is 164 Å². The summed E-state index contributed by atoms with van der Waals surface area (Å²) in [5, 5.41) is 6.75. The molecule has 0 radical (unpaired) electrons. The van der Waals surface area contributed by atoms with Crippen molar-refractivity contribution in [2.75, 3.05) is 0 Å². The Kier molecular flexibility index (Phi) is 7.78. The normalized spacial score (nSPS) is 11.5. The molecule has 0 amide bonds. The SMILES string of the molecule is c1ccc(-c2ccc(-c3ccc(-c4nc(-c5ccccc5)nc(-c5ccc(-c6cccc7oc8cc9ccccc9cc8c67)c6ccccc56)n4)cc3)cc2)cc1. The molecule has 0 aliphatic rings. The molecule has 0 unspecified atom stereocenters. The van der Waals surface area contributed by atoms with Crippen molar-refractivity contribution in [3.8, 4) is 67.5 Å². The maximum atomic E-state index is 6.47. The second kappa shape index (κ2) is 13.6. The van der Waals surface area contributed by atoms with E-state index in [4.69, 9.17) is 19.4 Å². The van der Waals surface area contributed by atoms with Crippen LogP contribution in [-0.2, 0) is 0 Å². The summed E-state index contributed by atoms with van der Waals surface area (Å²) in [6, 6.07) is 69.9. The van der Waals surface area contributed by atoms with Crippen molar-refractivity contribution in [2.45, 2.75) is 0 Å². The lowest BCUT2D eigenvalue weighted by molar-refractivity contribution is 0.669. The lowest BCUT2D eigenvalue weighted by Crippen LogP contribution is -2.00. The first-order valence-electron chi connectivity index (χ1n) is 19.2. The second-order valence-electron chi connectivity index (χ2n) is 14.4. The van der Waals surface area contributed by atoms with Crippen LogP contribution in [0.25, 0.3) is 111 Å². The minimum Gasteiger partial charge on any atom is -0.456 e. The Labute approximate surface area is 329 Å². The lowest BCUT2D eigenvalue weighted by Gasteiger charge is -2.14. The Bertz CT molecular complexity index is 3260. The Hall–Kier alpha value is -7.69. The van der Waals surface area contributed by atoms with Crippen LogP contribution in [0.4, 0.5) is 0 Å². The van der Waals surface area contributed by atoms with Gasteiger partial charge in [-0.2, -0.15) is 0 Å². The molecule has 2 heterocycles. The third-order valence-corrected chi connectivity index (χ3v) is 11.0. The fraction of sp³-hybridized carbons (Fsp3) is 0. The first kappa shape index (κ1) is 32.7. The van der Waals surface area contributed by atoms with Crippen molar-refractivity contribution in [1.82, 2.24) is 15.0 Å². The van der Waals surface area contributed by atoms with Crippen LogP contribution in [0.1, 0.15) is 0 Å². The average molecular weight is 728 g/mol. The Balaban J connectivity index is 1.02. The summed E-state index contributed by atoms with van der Waals surface area (Å²) < 4.78 is 6.47. The smallest absolute Gasteiger partial charge is 0.164 e. The molecule has 0 saturated heterocycles. The van der Waals surface area contributed by atoms with Crippen molar-refractivity contribution in [3.63, 3.8) is 0 Å². The quantitative estimate of drug-likeness (QED) is 0.171. The highest BCUT2D eigenvalue weighted by Crippen LogP contribution is 2.42. The monoisotopic (exact) mass is 727 g/mol. The summed E-state index contributed by atoms with van der Waals surface area (Å²) >= 11 is 0. The first-order valence-corrected chi connectivity index (χ1v) is 19.2. The molecule has 0 saturated carbocycles. The van der Waals surface area contributed by atoms with Crippen LogP contribution in [0, 0.1) is 0 Å². The third kappa shape index (κ3) is 5.83. The summed E-state index contributed by atoms with van der Waals surface area (Å²) in [7, 11) is 0. The zero-order chi connectivity index (χ0) is 37.7. The summed E-state index contributed by atoms with van der Waals surface area (Å²) in [5.74, 6) is 1.88. The fourth-order valence-electron chi connectivity index (χ4n) is 8.10. The fourth-order valence-corrected chi connectivity index (χ4v) is 8.10. The first-order chi connectivity index (χ1) is 28.2. The van der Waals surface area contributed by atoms with E-state index in [-0.39, 0.29) is 0 Å². The van der Waals surface area contributed by atoms with Crippen LogP contribution in [-0.4, -0.2) is 15.0 Å². The maximum Gasteiger partial charge on any atom is 0.164 e. The predicted octanol–water partition coefficient (Wildman–Crippen LogP) is 14.1. The average Bonchev–Trinajstić information content (AvgIpc) is 3.66. The number of hydrogen-bond donors (Lipinski definition) is 0. The van der Waals surface area contributed by atoms with Gasteiger partial charge in [-0.15, -0.1) is 0 Å². The molecule has 11 rings (SSSR count). The summed E-state index contributed by atoms with van der Waals surface area (Å²) in [4.78, 5) is 15.3. The molecule has 0 N–H and O–H groups in total. The molecule has 0 aliphatic carbocycles. The van der Waals surface area contributed by atoms with Crippen molar-refractivity contribution in [3.05, 3.63) is 200 Å². The largest absolute Gasteiger partial charge is 0.456 e. The number of fused-ring (bicyclic) bond motifs is 5. The zero-order valence-corrected chi connectivity index (χ0v) is 30.8. The van der Waals surface area contributed by atoms with Gasteiger partial charge in [-0.1, -0.05) is 176 Å². The van der Waals surface area contributed by atoms with E-state index in [1.807, 2.05) is 36.4 Å². The van der Waals surface area contributed by atoms with Crippen LogP contribution in [0.3, 0.4) is 0 Å². The topological polar surface area (TPSA) is 51.8 Å². The zero-order valence-electron chi connectivity index (χ0n) is 30.8. The molecule has 2 aromatic heterocycles. The van der Waals surface area contributed by atoms with Crippen molar-refractivity contribution < 1.29 is 4.42 Å². The molecule has 4 nitrogen and oxygen atoms in total. The molecule has 4 heteroatoms. The highest BCUT2D eigenvalue weighted by molar-refractivity contribution is 6.18. The van der Waals surface area contributed by atoms with E-state index in [1.165, 1.54) is 16.5 Å². The molecular formula is C53H33N3O. The standard InChI is InChI=1S/C53H33N3O/c1-3-12-34(13-4-1)35-22-24-36(25-23-35)37-26-28-39(29-27-37)52-54-51(38-14-5-2-6-15-38)55-53(56-52)46-31-30-44(42-18-9-10-19-43(42)46)45-20-11-21-48-50(45)47-32-40-16-7-8-17-41(40)33-49(47)57-48/h1-33H. The van der Waals surface area contributed by atoms with E-state index in [0.717, 1.165) is 77.0 Å². The summed E-state index contributed by atoms with van der Waals surface area (Å²) in [6.45, 7) is 0. The van der Waals surface area contributed by atoms with Gasteiger partial charge in [0.1, 0.15) is 11.2 Å². The molecule has 9 aromatic carbocycles. The number of hydrogen-bond acceptors (Lipinski definition) is 4. The van der Waals surface area contributed by atoms with Gasteiger partial charge in [0.2, 0.25) is 0 Å². The molecule has 0 fully saturated rings. The van der Waals surface area contributed by atoms with E-state index >= 15 is 0 Å². The molecule has 266 valence electrons. The van der Waals surface area contributed by atoms with Crippen LogP contribution < -0.4 is 0 Å². The second-order valence-corrected chi connectivity index (χ2v) is 14.4. The molecule has 0 bridgehead atoms. The predicted molar refractivity (Wildman–Crippen MR) is 235 cm³/mol. The van der Waals surface area contributed by atoms with Gasteiger partial charge in [0.15, 0.2) is 17.5 Å². The van der Waals surface area contributed by atoms with Crippen LogP contribution in [0.5, 0.6) is 0 Å². The minimum atomic E-state index is 0.625. The molecule has 0 aliphatic heterocycles. The Morgan fingerprint density at radius 1 is 0.281 bits per heavy atom. The minimum absolute atomic E-state index is 0.625. The van der Waals surface area contributed by atoms with Crippen LogP contribution in [0.15, 0.2) is 205 Å². The van der Waals surface area contributed by atoms with Crippen molar-refractivity contribution >= 4 is 43.5 Å². The van der Waals surface area contributed by atoms with Crippen LogP contribution in [0.2, 0.25) is 0 Å². The number of nitrogens with zero attached hydrogens (tertiary/aromatic N) is 3. The van der Waals surface area contributed by atoms with Gasteiger partial charge in [-0.3, -0.25) is 0 Å². The van der Waals surface area contributed by atoms with Gasteiger partial charge in [0.05, 0.1) is 0 Å². The summed E-state index contributed by atoms with van der Waals surface area (Å²) in [6.07, 6.45) is 0. The van der Waals surface area contributed by atoms with Crippen molar-refractivity contribution in [2.24, 2.45) is 0 Å². The number of furan rings is 1. The number of benzene rings is 9. The van der Waals surface area contributed by atoms with E-state index in [1.54, 1.807) is 0 Å². The van der Waals surface area contributed by atoms with E-state index in [9.17, 15) is 0 Å². The molecule has 57 heavy (non-hydrogen) atoms. The number of aromatic nitrogens is 3. The van der Waals surface area contributed by atoms with Gasteiger partial charge in [0, 0.05) is 27.5 Å². The van der Waals surface area contributed by atoms with Gasteiger partial charge < -0.3 is 4.42 Å². The van der Waals surface area contributed by atoms with Gasteiger partial charge in [-0.05, 0) is 79.2 Å². The lowest BCUT2D eigenvalue weighted by atomic mass is 9.92. The van der Waals surface area contributed by atoms with E-state index < -0.39 is 0 Å². The number of rotatable bonds is 6. The third-order valence-electron chi connectivity index (χ3n) is 11.0. The Morgan fingerprint density at radius 3 is 1.40 bits per heavy atom. The van der Waals surface area contributed by atoms with E-state index in [0.29, 0.717) is 17.5 Å². The highest BCUT2D eigenvalue weighted by atomic mass is 16.3.